The molecule has 0 spiro atoms. The fraction of sp³-hybridized carbons (Fsp3) is 0.231. The summed E-state index contributed by atoms with van der Waals surface area (Å²) in [6, 6.07) is 6.64. The molecule has 0 atom stereocenters. The molecule has 0 saturated carbocycles. The number of carbonyl (C=O) groups is 2. The van der Waals surface area contributed by atoms with Gasteiger partial charge in [-0.3, -0.25) is 4.79 Å². The van der Waals surface area contributed by atoms with E-state index < -0.39 is 11.9 Å². The van der Waals surface area contributed by atoms with Crippen LogP contribution in [-0.4, -0.2) is 25.1 Å². The van der Waals surface area contributed by atoms with E-state index in [2.05, 4.69) is 16.6 Å². The summed E-state index contributed by atoms with van der Waals surface area (Å²) in [6.45, 7) is 5.75. The van der Waals surface area contributed by atoms with Crippen molar-refractivity contribution >= 4 is 17.6 Å². The van der Waals surface area contributed by atoms with Crippen molar-refractivity contribution in [1.82, 2.24) is 0 Å². The monoisotopic (exact) mass is 249 g/mol. The second kappa shape index (κ2) is 7.11. The Balaban J connectivity index is 2.55. The first-order chi connectivity index (χ1) is 8.67. The molecule has 0 bridgehead atoms. The zero-order valence-electron chi connectivity index (χ0n) is 10.1. The van der Waals surface area contributed by atoms with Crippen LogP contribution in [0.3, 0.4) is 0 Å². The van der Waals surface area contributed by atoms with Gasteiger partial charge in [0.1, 0.15) is 12.4 Å². The normalized spacial score (nSPS) is 9.39. The Labute approximate surface area is 105 Å². The summed E-state index contributed by atoms with van der Waals surface area (Å²) in [5, 5.41) is 2.42. The maximum Gasteiger partial charge on any atom is 0.397 e. The van der Waals surface area contributed by atoms with Crippen LogP contribution in [0.5, 0.6) is 5.75 Å². The number of ether oxygens (including phenoxy) is 2. The lowest BCUT2D eigenvalue weighted by Gasteiger charge is -2.06. The number of amides is 1. The first kappa shape index (κ1) is 13.8. The second-order valence-corrected chi connectivity index (χ2v) is 3.30. The molecule has 5 heteroatoms. The van der Waals surface area contributed by atoms with E-state index >= 15 is 0 Å². The van der Waals surface area contributed by atoms with Gasteiger partial charge in [0.05, 0.1) is 6.61 Å². The van der Waals surface area contributed by atoms with Crippen molar-refractivity contribution < 1.29 is 19.1 Å². The van der Waals surface area contributed by atoms with Crippen molar-refractivity contribution in [2.75, 3.05) is 18.5 Å². The fourth-order valence-electron chi connectivity index (χ4n) is 1.17. The number of nitrogens with one attached hydrogen (secondary N) is 1. The van der Waals surface area contributed by atoms with Gasteiger partial charge in [0, 0.05) is 5.69 Å². The van der Waals surface area contributed by atoms with Crippen LogP contribution in [0.1, 0.15) is 6.92 Å². The Morgan fingerprint density at radius 3 is 2.56 bits per heavy atom. The van der Waals surface area contributed by atoms with Crippen LogP contribution in [0.2, 0.25) is 0 Å². The van der Waals surface area contributed by atoms with Crippen molar-refractivity contribution in [2.24, 2.45) is 0 Å². The molecule has 0 fully saturated rings. The minimum absolute atomic E-state index is 0.167. The minimum atomic E-state index is -0.899. The lowest BCUT2D eigenvalue weighted by molar-refractivity contribution is -0.152. The number of esters is 1. The number of anilines is 1. The molecule has 18 heavy (non-hydrogen) atoms. The molecule has 0 aliphatic heterocycles. The van der Waals surface area contributed by atoms with Crippen molar-refractivity contribution in [2.45, 2.75) is 6.92 Å². The molecule has 0 saturated heterocycles. The van der Waals surface area contributed by atoms with Gasteiger partial charge in [-0.15, -0.1) is 0 Å². The zero-order chi connectivity index (χ0) is 13.4. The summed E-state index contributed by atoms with van der Waals surface area (Å²) in [4.78, 5) is 22.4. The summed E-state index contributed by atoms with van der Waals surface area (Å²) >= 11 is 0. The zero-order valence-corrected chi connectivity index (χ0v) is 10.1. The van der Waals surface area contributed by atoms with Gasteiger partial charge in [-0.1, -0.05) is 12.7 Å². The highest BCUT2D eigenvalue weighted by Crippen LogP contribution is 2.15. The maximum absolute atomic E-state index is 11.3. The number of rotatable bonds is 5. The number of benzene rings is 1. The lowest BCUT2D eigenvalue weighted by Crippen LogP contribution is -2.24. The molecule has 0 unspecified atom stereocenters. The third-order valence-electron chi connectivity index (χ3n) is 1.94. The predicted molar refractivity (Wildman–Crippen MR) is 67.4 cm³/mol. The molecule has 5 nitrogen and oxygen atoms in total. The molecular formula is C13H15NO4. The molecule has 1 N–H and O–H groups in total. The molecule has 0 heterocycles. The fourth-order valence-corrected chi connectivity index (χ4v) is 1.17. The average molecular weight is 249 g/mol. The summed E-state index contributed by atoms with van der Waals surface area (Å²) in [5.41, 5.74) is 0.499. The molecule has 1 amide bonds. The van der Waals surface area contributed by atoms with Crippen molar-refractivity contribution in [1.29, 1.82) is 0 Å². The molecule has 0 aromatic heterocycles. The van der Waals surface area contributed by atoms with Crippen LogP contribution in [0.15, 0.2) is 36.9 Å². The third-order valence-corrected chi connectivity index (χ3v) is 1.94. The number of carbonyl (C=O) groups excluding carboxylic acids is 2. The Hall–Kier alpha value is -2.30. The quantitative estimate of drug-likeness (QED) is 0.490. The van der Waals surface area contributed by atoms with E-state index in [4.69, 9.17) is 4.74 Å². The molecule has 0 radical (unpaired) electrons. The molecule has 0 aliphatic rings. The smallest absolute Gasteiger partial charge is 0.397 e. The van der Waals surface area contributed by atoms with E-state index in [1.807, 2.05) is 0 Å². The van der Waals surface area contributed by atoms with E-state index in [-0.39, 0.29) is 6.61 Å². The minimum Gasteiger partial charge on any atom is -0.490 e. The Morgan fingerprint density at radius 2 is 2.00 bits per heavy atom. The first-order valence-corrected chi connectivity index (χ1v) is 5.49. The van der Waals surface area contributed by atoms with Gasteiger partial charge in [0.15, 0.2) is 0 Å². The SMILES string of the molecule is C=CCOc1ccc(NC(=O)C(=O)OCC)cc1. The average Bonchev–Trinajstić information content (AvgIpc) is 2.38. The molecular weight excluding hydrogens is 234 g/mol. The highest BCUT2D eigenvalue weighted by Gasteiger charge is 2.14. The van der Waals surface area contributed by atoms with Crippen LogP contribution in [0.4, 0.5) is 5.69 Å². The third kappa shape index (κ3) is 4.29. The van der Waals surface area contributed by atoms with Crippen molar-refractivity contribution in [3.05, 3.63) is 36.9 Å². The molecule has 96 valence electrons. The summed E-state index contributed by atoms with van der Waals surface area (Å²) < 4.78 is 9.84. The predicted octanol–water partition coefficient (Wildman–Crippen LogP) is 1.75. The maximum atomic E-state index is 11.3. The van der Waals surface area contributed by atoms with Gasteiger partial charge in [0.2, 0.25) is 0 Å². The van der Waals surface area contributed by atoms with Crippen LogP contribution >= 0.6 is 0 Å². The molecule has 0 aliphatic carbocycles. The van der Waals surface area contributed by atoms with Gasteiger partial charge < -0.3 is 14.8 Å². The molecule has 1 aromatic rings. The highest BCUT2D eigenvalue weighted by atomic mass is 16.5. The number of hydrogen-bond donors (Lipinski definition) is 1. The largest absolute Gasteiger partial charge is 0.490 e. The van der Waals surface area contributed by atoms with E-state index in [9.17, 15) is 9.59 Å². The van der Waals surface area contributed by atoms with Crippen molar-refractivity contribution in [3.63, 3.8) is 0 Å². The topological polar surface area (TPSA) is 64.6 Å². The Kier molecular flexibility index (Phi) is 5.44. The van der Waals surface area contributed by atoms with Gasteiger partial charge >= 0.3 is 11.9 Å². The van der Waals surface area contributed by atoms with E-state index in [1.165, 1.54) is 0 Å². The summed E-state index contributed by atoms with van der Waals surface area (Å²) in [5.74, 6) is -1.04. The van der Waals surface area contributed by atoms with Gasteiger partial charge in [-0.05, 0) is 31.2 Å². The molecule has 1 rings (SSSR count). The van der Waals surface area contributed by atoms with Gasteiger partial charge in [-0.25, -0.2) is 4.79 Å². The van der Waals surface area contributed by atoms with Crippen LogP contribution in [0, 0.1) is 0 Å². The molecule has 1 aromatic carbocycles. The first-order valence-electron chi connectivity index (χ1n) is 5.49. The van der Waals surface area contributed by atoms with E-state index in [0.29, 0.717) is 18.0 Å². The van der Waals surface area contributed by atoms with Crippen molar-refractivity contribution in [3.8, 4) is 5.75 Å². The van der Waals surface area contributed by atoms with Crippen LogP contribution < -0.4 is 10.1 Å². The summed E-state index contributed by atoms with van der Waals surface area (Å²) in [7, 11) is 0. The van der Waals surface area contributed by atoms with Crippen LogP contribution in [-0.2, 0) is 14.3 Å². The van der Waals surface area contributed by atoms with Gasteiger partial charge in [0.25, 0.3) is 0 Å². The standard InChI is InChI=1S/C13H15NO4/c1-3-9-18-11-7-5-10(6-8-11)14-12(15)13(16)17-4-2/h3,5-8H,1,4,9H2,2H3,(H,14,15). The van der Waals surface area contributed by atoms with E-state index in [0.717, 1.165) is 0 Å². The van der Waals surface area contributed by atoms with Gasteiger partial charge in [-0.2, -0.15) is 0 Å². The number of hydrogen-bond acceptors (Lipinski definition) is 4. The highest BCUT2D eigenvalue weighted by molar-refractivity contribution is 6.37. The summed E-state index contributed by atoms with van der Waals surface area (Å²) in [6.07, 6.45) is 1.64. The second-order valence-electron chi connectivity index (χ2n) is 3.30. The lowest BCUT2D eigenvalue weighted by atomic mass is 10.3. The Bertz CT molecular complexity index is 425. The van der Waals surface area contributed by atoms with Crippen LogP contribution in [0.25, 0.3) is 0 Å². The van der Waals surface area contributed by atoms with E-state index in [1.54, 1.807) is 37.3 Å². The Morgan fingerprint density at radius 1 is 1.33 bits per heavy atom.